The van der Waals surface area contributed by atoms with Crippen LogP contribution in [0.1, 0.15) is 19.4 Å². The van der Waals surface area contributed by atoms with Crippen LogP contribution in [0.4, 0.5) is 5.69 Å². The molecule has 0 amide bonds. The van der Waals surface area contributed by atoms with Crippen LogP contribution in [0.3, 0.4) is 0 Å². The molecule has 6 nitrogen and oxygen atoms in total. The quantitative estimate of drug-likeness (QED) is 0.620. The first-order valence-corrected chi connectivity index (χ1v) is 7.86. The standard InChI is InChI=1S/C13H23N3O3S/c1-13(2,10-14)11-4-6-12(7-5-11)16-20(17,18)15-8-9-19-3/h4-7,15-16H,8-10,14H2,1-3H3. The molecular formula is C13H23N3O3S. The van der Waals surface area contributed by atoms with Crippen LogP contribution in [0, 0.1) is 0 Å². The first-order chi connectivity index (χ1) is 9.30. The van der Waals surface area contributed by atoms with Gasteiger partial charge in [0.2, 0.25) is 0 Å². The first-order valence-electron chi connectivity index (χ1n) is 6.38. The van der Waals surface area contributed by atoms with E-state index in [0.717, 1.165) is 5.56 Å². The molecule has 0 spiro atoms. The van der Waals surface area contributed by atoms with E-state index in [9.17, 15) is 8.42 Å². The summed E-state index contributed by atoms with van der Waals surface area (Å²) in [6.45, 7) is 5.16. The summed E-state index contributed by atoms with van der Waals surface area (Å²) < 4.78 is 33.0. The molecule has 1 rings (SSSR count). The SMILES string of the molecule is COCCNS(=O)(=O)Nc1ccc(C(C)(C)CN)cc1. The lowest BCUT2D eigenvalue weighted by atomic mass is 9.85. The van der Waals surface area contributed by atoms with Crippen LogP contribution in [-0.2, 0) is 20.4 Å². The molecule has 7 heteroatoms. The molecule has 0 heterocycles. The molecule has 0 radical (unpaired) electrons. The summed E-state index contributed by atoms with van der Waals surface area (Å²) >= 11 is 0. The highest BCUT2D eigenvalue weighted by atomic mass is 32.2. The minimum Gasteiger partial charge on any atom is -0.383 e. The van der Waals surface area contributed by atoms with Crippen LogP contribution in [-0.4, -0.2) is 35.2 Å². The van der Waals surface area contributed by atoms with Crippen molar-refractivity contribution in [2.24, 2.45) is 5.73 Å². The second-order valence-corrected chi connectivity index (χ2v) is 6.66. The van der Waals surface area contributed by atoms with Gasteiger partial charge in [-0.05, 0) is 17.7 Å². The zero-order valence-corrected chi connectivity index (χ0v) is 13.0. The lowest BCUT2D eigenvalue weighted by molar-refractivity contribution is 0.204. The number of nitrogens with two attached hydrogens (primary N) is 1. The van der Waals surface area contributed by atoms with E-state index in [0.29, 0.717) is 18.8 Å². The molecule has 0 aromatic heterocycles. The Balaban J connectivity index is 2.70. The van der Waals surface area contributed by atoms with Crippen molar-refractivity contribution in [3.63, 3.8) is 0 Å². The van der Waals surface area contributed by atoms with E-state index in [1.165, 1.54) is 7.11 Å². The van der Waals surface area contributed by atoms with Crippen LogP contribution in [0.15, 0.2) is 24.3 Å². The molecule has 0 atom stereocenters. The number of anilines is 1. The average molecular weight is 301 g/mol. The second kappa shape index (κ2) is 7.03. The fraction of sp³-hybridized carbons (Fsp3) is 0.538. The van der Waals surface area contributed by atoms with E-state index in [-0.39, 0.29) is 12.0 Å². The van der Waals surface area contributed by atoms with Gasteiger partial charge in [-0.1, -0.05) is 26.0 Å². The van der Waals surface area contributed by atoms with E-state index >= 15 is 0 Å². The van der Waals surface area contributed by atoms with E-state index in [1.807, 2.05) is 26.0 Å². The van der Waals surface area contributed by atoms with Gasteiger partial charge in [0, 0.05) is 31.3 Å². The predicted octanol–water partition coefficient (Wildman–Crippen LogP) is 0.816. The number of rotatable bonds is 8. The Hall–Kier alpha value is -1.15. The first kappa shape index (κ1) is 16.9. The fourth-order valence-electron chi connectivity index (χ4n) is 1.58. The lowest BCUT2D eigenvalue weighted by Crippen LogP contribution is -2.32. The zero-order chi connectivity index (χ0) is 15.2. The number of benzene rings is 1. The number of ether oxygens (including phenoxy) is 1. The maximum Gasteiger partial charge on any atom is 0.299 e. The third-order valence-corrected chi connectivity index (χ3v) is 4.12. The normalized spacial score (nSPS) is 12.4. The number of hydrogen-bond acceptors (Lipinski definition) is 4. The number of nitrogens with one attached hydrogen (secondary N) is 2. The Labute approximate surface area is 120 Å². The topological polar surface area (TPSA) is 93.4 Å². The van der Waals surface area contributed by atoms with Crippen LogP contribution >= 0.6 is 0 Å². The summed E-state index contributed by atoms with van der Waals surface area (Å²) in [6.07, 6.45) is 0. The van der Waals surface area contributed by atoms with Gasteiger partial charge >= 0.3 is 0 Å². The van der Waals surface area contributed by atoms with Gasteiger partial charge in [0.15, 0.2) is 0 Å². The highest BCUT2D eigenvalue weighted by molar-refractivity contribution is 7.90. The van der Waals surface area contributed by atoms with Crippen molar-refractivity contribution < 1.29 is 13.2 Å². The van der Waals surface area contributed by atoms with E-state index in [4.69, 9.17) is 10.5 Å². The molecule has 4 N–H and O–H groups in total. The number of hydrogen-bond donors (Lipinski definition) is 3. The van der Waals surface area contributed by atoms with Gasteiger partial charge in [0.25, 0.3) is 10.2 Å². The molecule has 0 saturated heterocycles. The smallest absolute Gasteiger partial charge is 0.299 e. The third kappa shape index (κ3) is 5.09. The molecule has 114 valence electrons. The largest absolute Gasteiger partial charge is 0.383 e. The Morgan fingerprint density at radius 2 is 1.85 bits per heavy atom. The van der Waals surface area contributed by atoms with Gasteiger partial charge in [0.1, 0.15) is 0 Å². The molecule has 1 aromatic rings. The molecule has 0 aliphatic heterocycles. The highest BCUT2D eigenvalue weighted by Crippen LogP contribution is 2.23. The molecule has 0 fully saturated rings. The second-order valence-electron chi connectivity index (χ2n) is 5.16. The van der Waals surface area contributed by atoms with Crippen LogP contribution < -0.4 is 15.2 Å². The lowest BCUT2D eigenvalue weighted by Gasteiger charge is -2.23. The summed E-state index contributed by atoms with van der Waals surface area (Å²) in [5, 5.41) is 0. The molecule has 0 unspecified atom stereocenters. The summed E-state index contributed by atoms with van der Waals surface area (Å²) in [6, 6.07) is 7.20. The fourth-order valence-corrected chi connectivity index (χ4v) is 2.45. The maximum absolute atomic E-state index is 11.7. The van der Waals surface area contributed by atoms with Crippen LogP contribution in [0.5, 0.6) is 0 Å². The van der Waals surface area contributed by atoms with Crippen molar-refractivity contribution in [3.05, 3.63) is 29.8 Å². The van der Waals surface area contributed by atoms with E-state index in [2.05, 4.69) is 9.44 Å². The van der Waals surface area contributed by atoms with Crippen molar-refractivity contribution in [1.29, 1.82) is 0 Å². The van der Waals surface area contributed by atoms with Crippen molar-refractivity contribution in [3.8, 4) is 0 Å². The minimum absolute atomic E-state index is 0.131. The summed E-state index contributed by atoms with van der Waals surface area (Å²) in [7, 11) is -2.05. The average Bonchev–Trinajstić information content (AvgIpc) is 2.39. The van der Waals surface area contributed by atoms with E-state index in [1.54, 1.807) is 12.1 Å². The monoisotopic (exact) mass is 301 g/mol. The summed E-state index contributed by atoms with van der Waals surface area (Å²) in [5.41, 5.74) is 7.15. The van der Waals surface area contributed by atoms with Gasteiger partial charge in [-0.15, -0.1) is 0 Å². The summed E-state index contributed by atoms with van der Waals surface area (Å²) in [4.78, 5) is 0. The van der Waals surface area contributed by atoms with Crippen LogP contribution in [0.25, 0.3) is 0 Å². The molecule has 1 aromatic carbocycles. The summed E-state index contributed by atoms with van der Waals surface area (Å²) in [5.74, 6) is 0. The molecule has 0 aliphatic rings. The minimum atomic E-state index is -3.57. The van der Waals surface area contributed by atoms with Gasteiger partial charge in [-0.3, -0.25) is 4.72 Å². The predicted molar refractivity (Wildman–Crippen MR) is 80.9 cm³/mol. The van der Waals surface area contributed by atoms with Gasteiger partial charge < -0.3 is 10.5 Å². The van der Waals surface area contributed by atoms with Crippen molar-refractivity contribution in [2.75, 3.05) is 31.5 Å². The van der Waals surface area contributed by atoms with Crippen molar-refractivity contribution in [1.82, 2.24) is 4.72 Å². The van der Waals surface area contributed by atoms with Gasteiger partial charge in [0.05, 0.1) is 6.61 Å². The van der Waals surface area contributed by atoms with Crippen molar-refractivity contribution in [2.45, 2.75) is 19.3 Å². The van der Waals surface area contributed by atoms with E-state index < -0.39 is 10.2 Å². The Morgan fingerprint density at radius 1 is 1.25 bits per heavy atom. The highest BCUT2D eigenvalue weighted by Gasteiger charge is 2.18. The molecule has 20 heavy (non-hydrogen) atoms. The maximum atomic E-state index is 11.7. The molecule has 0 saturated carbocycles. The van der Waals surface area contributed by atoms with Gasteiger partial charge in [-0.25, -0.2) is 0 Å². The molecular weight excluding hydrogens is 278 g/mol. The Kier molecular flexibility index (Phi) is 5.94. The van der Waals surface area contributed by atoms with Gasteiger partial charge in [-0.2, -0.15) is 13.1 Å². The third-order valence-electron chi connectivity index (χ3n) is 3.03. The molecule has 0 bridgehead atoms. The Morgan fingerprint density at radius 3 is 2.35 bits per heavy atom. The zero-order valence-electron chi connectivity index (χ0n) is 12.1. The number of methoxy groups -OCH3 is 1. The van der Waals surface area contributed by atoms with Crippen molar-refractivity contribution >= 4 is 15.9 Å². The molecule has 0 aliphatic carbocycles. The Bertz CT molecular complexity index is 512. The van der Waals surface area contributed by atoms with Crippen LogP contribution in [0.2, 0.25) is 0 Å².